The summed E-state index contributed by atoms with van der Waals surface area (Å²) in [6.07, 6.45) is 0.500. The molecule has 0 rings (SSSR count). The highest BCUT2D eigenvalue weighted by Crippen LogP contribution is 1.99. The number of aliphatic hydroxyl groups excluding tert-OH is 1. The van der Waals surface area contributed by atoms with Crippen molar-refractivity contribution >= 4 is 5.97 Å². The zero-order chi connectivity index (χ0) is 7.44. The van der Waals surface area contributed by atoms with Crippen molar-refractivity contribution in [2.75, 3.05) is 0 Å². The standard InChI is InChI=1S/C6H10O3/c1-3-5(4(2)7)6(8)9/h3-4,7H,1-2H3,(H,8,9)/b5-3+/t4-/m1/s1. The Labute approximate surface area is 53.6 Å². The number of hydrogen-bond acceptors (Lipinski definition) is 2. The molecule has 0 saturated heterocycles. The quantitative estimate of drug-likeness (QED) is 0.532. The zero-order valence-electron chi connectivity index (χ0n) is 5.46. The van der Waals surface area contributed by atoms with Gasteiger partial charge in [-0.25, -0.2) is 4.79 Å². The highest BCUT2D eigenvalue weighted by atomic mass is 16.4. The number of rotatable bonds is 2. The summed E-state index contributed by atoms with van der Waals surface area (Å²) in [5.74, 6) is -1.06. The third kappa shape index (κ3) is 2.28. The van der Waals surface area contributed by atoms with Crippen LogP contribution in [0.25, 0.3) is 0 Å². The first kappa shape index (κ1) is 8.17. The fourth-order valence-corrected chi connectivity index (χ4v) is 0.543. The van der Waals surface area contributed by atoms with Crippen LogP contribution >= 0.6 is 0 Å². The van der Waals surface area contributed by atoms with Crippen molar-refractivity contribution in [1.29, 1.82) is 0 Å². The first-order valence-corrected chi connectivity index (χ1v) is 2.67. The number of aliphatic carboxylic acids is 1. The van der Waals surface area contributed by atoms with Gasteiger partial charge in [-0.15, -0.1) is 0 Å². The number of carboxylic acid groups (broad SMARTS) is 1. The lowest BCUT2D eigenvalue weighted by Gasteiger charge is -2.01. The van der Waals surface area contributed by atoms with Crippen LogP contribution in [-0.4, -0.2) is 22.3 Å². The van der Waals surface area contributed by atoms with Crippen molar-refractivity contribution < 1.29 is 15.0 Å². The molecule has 0 heterocycles. The van der Waals surface area contributed by atoms with Gasteiger partial charge in [0.25, 0.3) is 0 Å². The number of allylic oxidation sites excluding steroid dienone is 1. The number of aliphatic hydroxyl groups is 1. The van der Waals surface area contributed by atoms with Gasteiger partial charge in [0.1, 0.15) is 0 Å². The Kier molecular flexibility index (Phi) is 2.95. The molecule has 0 aliphatic heterocycles. The van der Waals surface area contributed by atoms with Crippen LogP contribution in [0.5, 0.6) is 0 Å². The molecule has 3 nitrogen and oxygen atoms in total. The first-order valence-electron chi connectivity index (χ1n) is 2.67. The molecule has 0 aromatic carbocycles. The van der Waals surface area contributed by atoms with Crippen LogP contribution in [0.1, 0.15) is 13.8 Å². The van der Waals surface area contributed by atoms with E-state index in [1.165, 1.54) is 13.0 Å². The van der Waals surface area contributed by atoms with Crippen LogP contribution in [0.2, 0.25) is 0 Å². The molecule has 0 aromatic rings. The van der Waals surface area contributed by atoms with Gasteiger partial charge in [0, 0.05) is 0 Å². The lowest BCUT2D eigenvalue weighted by molar-refractivity contribution is -0.133. The largest absolute Gasteiger partial charge is 0.478 e. The maximum atomic E-state index is 10.1. The van der Waals surface area contributed by atoms with E-state index in [2.05, 4.69) is 0 Å². The summed E-state index contributed by atoms with van der Waals surface area (Å²) in [4.78, 5) is 10.1. The minimum atomic E-state index is -1.06. The molecule has 3 heteroatoms. The normalized spacial score (nSPS) is 15.2. The van der Waals surface area contributed by atoms with E-state index in [0.717, 1.165) is 0 Å². The number of hydrogen-bond donors (Lipinski definition) is 2. The van der Waals surface area contributed by atoms with E-state index in [4.69, 9.17) is 10.2 Å². The molecule has 0 radical (unpaired) electrons. The average molecular weight is 130 g/mol. The number of carbonyl (C=O) groups is 1. The van der Waals surface area contributed by atoms with E-state index in [-0.39, 0.29) is 5.57 Å². The summed E-state index contributed by atoms with van der Waals surface area (Å²) in [5, 5.41) is 17.0. The van der Waals surface area contributed by atoms with Gasteiger partial charge in [0.2, 0.25) is 0 Å². The predicted octanol–water partition coefficient (Wildman–Crippen LogP) is 0.398. The average Bonchev–Trinajstić information content (AvgIpc) is 1.64. The lowest BCUT2D eigenvalue weighted by atomic mass is 10.1. The Morgan fingerprint density at radius 3 is 2.11 bits per heavy atom. The van der Waals surface area contributed by atoms with E-state index in [0.29, 0.717) is 0 Å². The van der Waals surface area contributed by atoms with Crippen molar-refractivity contribution in [2.24, 2.45) is 0 Å². The second kappa shape index (κ2) is 3.25. The van der Waals surface area contributed by atoms with Gasteiger partial charge in [0.15, 0.2) is 0 Å². The highest BCUT2D eigenvalue weighted by Gasteiger charge is 2.10. The van der Waals surface area contributed by atoms with Crippen molar-refractivity contribution in [3.63, 3.8) is 0 Å². The molecule has 0 fully saturated rings. The Bertz CT molecular complexity index is 135. The second-order valence-corrected chi connectivity index (χ2v) is 1.73. The minimum absolute atomic E-state index is 0.0370. The minimum Gasteiger partial charge on any atom is -0.478 e. The van der Waals surface area contributed by atoms with Gasteiger partial charge in [-0.1, -0.05) is 6.08 Å². The Hall–Kier alpha value is -0.830. The predicted molar refractivity (Wildman–Crippen MR) is 33.1 cm³/mol. The fourth-order valence-electron chi connectivity index (χ4n) is 0.543. The monoisotopic (exact) mass is 130 g/mol. The van der Waals surface area contributed by atoms with Gasteiger partial charge < -0.3 is 10.2 Å². The van der Waals surface area contributed by atoms with Gasteiger partial charge in [0.05, 0.1) is 11.7 Å². The first-order chi connectivity index (χ1) is 4.09. The van der Waals surface area contributed by atoms with E-state index in [1.807, 2.05) is 0 Å². The van der Waals surface area contributed by atoms with Crippen LogP contribution in [0, 0.1) is 0 Å². The van der Waals surface area contributed by atoms with Gasteiger partial charge in [-0.2, -0.15) is 0 Å². The van der Waals surface area contributed by atoms with Crippen LogP contribution in [0.15, 0.2) is 11.6 Å². The summed E-state index contributed by atoms with van der Waals surface area (Å²) in [6, 6.07) is 0. The third-order valence-electron chi connectivity index (χ3n) is 1.01. The lowest BCUT2D eigenvalue weighted by Crippen LogP contribution is -2.13. The second-order valence-electron chi connectivity index (χ2n) is 1.73. The molecule has 0 saturated carbocycles. The zero-order valence-corrected chi connectivity index (χ0v) is 5.46. The van der Waals surface area contributed by atoms with Crippen molar-refractivity contribution in [3.05, 3.63) is 11.6 Å². The van der Waals surface area contributed by atoms with E-state index in [9.17, 15) is 4.79 Å². The van der Waals surface area contributed by atoms with Crippen molar-refractivity contribution in [2.45, 2.75) is 20.0 Å². The molecule has 0 unspecified atom stereocenters. The molecule has 52 valence electrons. The summed E-state index contributed by atoms with van der Waals surface area (Å²) in [6.45, 7) is 3.00. The van der Waals surface area contributed by atoms with Gasteiger partial charge in [-0.05, 0) is 13.8 Å². The van der Waals surface area contributed by atoms with Crippen molar-refractivity contribution in [3.8, 4) is 0 Å². The van der Waals surface area contributed by atoms with Crippen LogP contribution in [0.4, 0.5) is 0 Å². The van der Waals surface area contributed by atoms with Crippen molar-refractivity contribution in [1.82, 2.24) is 0 Å². The maximum Gasteiger partial charge on any atom is 0.333 e. The molecule has 9 heavy (non-hydrogen) atoms. The summed E-state index contributed by atoms with van der Waals surface area (Å²) < 4.78 is 0. The molecule has 0 aromatic heterocycles. The van der Waals surface area contributed by atoms with Crippen LogP contribution in [0.3, 0.4) is 0 Å². The van der Waals surface area contributed by atoms with Crippen LogP contribution in [-0.2, 0) is 4.79 Å². The van der Waals surface area contributed by atoms with Gasteiger partial charge in [-0.3, -0.25) is 0 Å². The smallest absolute Gasteiger partial charge is 0.333 e. The molecule has 2 N–H and O–H groups in total. The van der Waals surface area contributed by atoms with E-state index >= 15 is 0 Å². The topological polar surface area (TPSA) is 57.5 Å². The summed E-state index contributed by atoms with van der Waals surface area (Å²) in [5.41, 5.74) is 0.0370. The summed E-state index contributed by atoms with van der Waals surface area (Å²) >= 11 is 0. The molecular formula is C6H10O3. The molecule has 0 spiro atoms. The molecule has 0 amide bonds. The van der Waals surface area contributed by atoms with E-state index < -0.39 is 12.1 Å². The Morgan fingerprint density at radius 1 is 1.67 bits per heavy atom. The molecule has 0 bridgehead atoms. The summed E-state index contributed by atoms with van der Waals surface area (Å²) in [7, 11) is 0. The molecular weight excluding hydrogens is 120 g/mol. The fraction of sp³-hybridized carbons (Fsp3) is 0.500. The molecule has 0 aliphatic rings. The Balaban J connectivity index is 4.19. The third-order valence-corrected chi connectivity index (χ3v) is 1.01. The molecule has 0 aliphatic carbocycles. The SMILES string of the molecule is C/C=C(/C(=O)O)[C@@H](C)O. The highest BCUT2D eigenvalue weighted by molar-refractivity contribution is 5.87. The van der Waals surface area contributed by atoms with Crippen LogP contribution < -0.4 is 0 Å². The number of carboxylic acids is 1. The Morgan fingerprint density at radius 2 is 2.11 bits per heavy atom. The molecule has 1 atom stereocenters. The van der Waals surface area contributed by atoms with Gasteiger partial charge >= 0.3 is 5.97 Å². The maximum absolute atomic E-state index is 10.1. The van der Waals surface area contributed by atoms with E-state index in [1.54, 1.807) is 6.92 Å².